The first kappa shape index (κ1) is 22.8. The minimum Gasteiger partial charge on any atom is -0.493 e. The van der Waals surface area contributed by atoms with Crippen molar-refractivity contribution in [2.75, 3.05) is 13.2 Å². The van der Waals surface area contributed by atoms with E-state index in [1.807, 2.05) is 0 Å². The lowest BCUT2D eigenvalue weighted by atomic mass is 10.2. The van der Waals surface area contributed by atoms with Crippen molar-refractivity contribution in [3.05, 3.63) is 74.7 Å². The van der Waals surface area contributed by atoms with Crippen molar-refractivity contribution < 1.29 is 19.4 Å². The second-order valence-electron chi connectivity index (χ2n) is 7.48. The number of hydrogen-bond acceptors (Lipinski definition) is 6. The van der Waals surface area contributed by atoms with Gasteiger partial charge in [0.2, 0.25) is 5.88 Å². The van der Waals surface area contributed by atoms with Gasteiger partial charge >= 0.3 is 0 Å². The van der Waals surface area contributed by atoms with Gasteiger partial charge in [0.05, 0.1) is 0 Å². The fourth-order valence-corrected chi connectivity index (χ4v) is 3.51. The largest absolute Gasteiger partial charge is 0.493 e. The topological polar surface area (TPSA) is 102 Å². The van der Waals surface area contributed by atoms with Gasteiger partial charge in [-0.05, 0) is 49.1 Å². The molecule has 8 nitrogen and oxygen atoms in total. The SMILES string of the molecule is O=C(NCc1ccc(Cl)cc1)c1c(O)nc2ccc(C#CCOC3CCCCO3)cn2c1=O. The molecule has 0 spiro atoms. The summed E-state index contributed by atoms with van der Waals surface area (Å²) in [5.74, 6) is 4.46. The molecular formula is C24H22ClN3O5. The molecule has 1 aromatic carbocycles. The van der Waals surface area contributed by atoms with E-state index in [2.05, 4.69) is 22.1 Å². The Balaban J connectivity index is 1.49. The highest BCUT2D eigenvalue weighted by molar-refractivity contribution is 6.30. The van der Waals surface area contributed by atoms with Crippen molar-refractivity contribution in [1.82, 2.24) is 14.7 Å². The van der Waals surface area contributed by atoms with Crippen LogP contribution in [0.25, 0.3) is 5.65 Å². The fourth-order valence-electron chi connectivity index (χ4n) is 3.39. The zero-order chi connectivity index (χ0) is 23.2. The van der Waals surface area contributed by atoms with Crippen LogP contribution in [0, 0.1) is 11.8 Å². The predicted octanol–water partition coefficient (Wildman–Crippen LogP) is 2.88. The monoisotopic (exact) mass is 467 g/mol. The molecule has 2 aromatic heterocycles. The Morgan fingerprint density at radius 1 is 1.27 bits per heavy atom. The first-order valence-corrected chi connectivity index (χ1v) is 10.9. The Morgan fingerprint density at radius 3 is 2.85 bits per heavy atom. The van der Waals surface area contributed by atoms with E-state index in [-0.39, 0.29) is 25.1 Å². The smallest absolute Gasteiger partial charge is 0.274 e. The van der Waals surface area contributed by atoms with E-state index < -0.39 is 22.9 Å². The lowest BCUT2D eigenvalue weighted by Gasteiger charge is -2.21. The second-order valence-corrected chi connectivity index (χ2v) is 7.92. The predicted molar refractivity (Wildman–Crippen MR) is 122 cm³/mol. The van der Waals surface area contributed by atoms with Crippen molar-refractivity contribution in [2.24, 2.45) is 0 Å². The second kappa shape index (κ2) is 10.5. The molecule has 4 rings (SSSR count). The average Bonchev–Trinajstić information content (AvgIpc) is 2.82. The Morgan fingerprint density at radius 2 is 2.09 bits per heavy atom. The molecule has 2 N–H and O–H groups in total. The third-order valence-electron chi connectivity index (χ3n) is 5.11. The van der Waals surface area contributed by atoms with Gasteiger partial charge in [0.25, 0.3) is 11.5 Å². The zero-order valence-electron chi connectivity index (χ0n) is 17.7. The Hall–Kier alpha value is -3.38. The van der Waals surface area contributed by atoms with Gasteiger partial charge in [0, 0.05) is 29.9 Å². The number of benzene rings is 1. The van der Waals surface area contributed by atoms with E-state index in [1.165, 1.54) is 10.6 Å². The van der Waals surface area contributed by atoms with Crippen LogP contribution in [0.3, 0.4) is 0 Å². The summed E-state index contributed by atoms with van der Waals surface area (Å²) >= 11 is 5.86. The third-order valence-corrected chi connectivity index (χ3v) is 5.36. The van der Waals surface area contributed by atoms with Crippen molar-refractivity contribution >= 4 is 23.2 Å². The number of carbonyl (C=O) groups is 1. The molecular weight excluding hydrogens is 446 g/mol. The van der Waals surface area contributed by atoms with Gasteiger partial charge in [-0.15, -0.1) is 0 Å². The maximum atomic E-state index is 12.9. The number of ether oxygens (including phenoxy) is 2. The maximum absolute atomic E-state index is 12.9. The number of aromatic nitrogens is 2. The molecule has 1 fully saturated rings. The van der Waals surface area contributed by atoms with E-state index in [9.17, 15) is 14.7 Å². The number of halogens is 1. The zero-order valence-corrected chi connectivity index (χ0v) is 18.5. The number of pyridine rings is 1. The lowest BCUT2D eigenvalue weighted by molar-refractivity contribution is -0.154. The summed E-state index contributed by atoms with van der Waals surface area (Å²) in [4.78, 5) is 29.5. The number of hydrogen-bond donors (Lipinski definition) is 2. The molecule has 1 unspecified atom stereocenters. The molecule has 3 heterocycles. The first-order valence-electron chi connectivity index (χ1n) is 10.5. The molecule has 0 aliphatic carbocycles. The highest BCUT2D eigenvalue weighted by Gasteiger charge is 2.20. The molecule has 1 amide bonds. The van der Waals surface area contributed by atoms with Crippen LogP contribution in [0.1, 0.15) is 40.7 Å². The minimum absolute atomic E-state index is 0.161. The molecule has 170 valence electrons. The van der Waals surface area contributed by atoms with Crippen LogP contribution in [-0.2, 0) is 16.0 Å². The Bertz CT molecular complexity index is 1270. The molecule has 1 aliphatic heterocycles. The number of carbonyl (C=O) groups excluding carboxylic acids is 1. The molecule has 0 bridgehead atoms. The van der Waals surface area contributed by atoms with Crippen LogP contribution in [-0.4, -0.2) is 39.9 Å². The third kappa shape index (κ3) is 5.71. The van der Waals surface area contributed by atoms with Crippen LogP contribution in [0.4, 0.5) is 0 Å². The van der Waals surface area contributed by atoms with Gasteiger partial charge in [-0.2, -0.15) is 4.98 Å². The molecule has 3 aromatic rings. The van der Waals surface area contributed by atoms with E-state index in [0.717, 1.165) is 24.8 Å². The van der Waals surface area contributed by atoms with Gasteiger partial charge in [-0.25, -0.2) is 0 Å². The molecule has 9 heteroatoms. The highest BCUT2D eigenvalue weighted by atomic mass is 35.5. The molecule has 1 aliphatic rings. The Kier molecular flexibility index (Phi) is 7.25. The fraction of sp³-hybridized carbons (Fsp3) is 0.292. The van der Waals surface area contributed by atoms with E-state index in [4.69, 9.17) is 21.1 Å². The van der Waals surface area contributed by atoms with Gasteiger partial charge < -0.3 is 19.9 Å². The summed E-state index contributed by atoms with van der Waals surface area (Å²) in [6.07, 6.45) is 4.21. The Labute approximate surface area is 195 Å². The lowest BCUT2D eigenvalue weighted by Crippen LogP contribution is -2.31. The average molecular weight is 468 g/mol. The molecule has 33 heavy (non-hydrogen) atoms. The highest BCUT2D eigenvalue weighted by Crippen LogP contribution is 2.14. The number of fused-ring (bicyclic) bond motifs is 1. The van der Waals surface area contributed by atoms with Gasteiger partial charge in [-0.1, -0.05) is 35.6 Å². The van der Waals surface area contributed by atoms with Crippen molar-refractivity contribution in [1.29, 1.82) is 0 Å². The standard InChI is InChI=1S/C24H22ClN3O5/c25-18-9-6-16(7-10-18)14-26-22(29)21-23(30)27-19-11-8-17(15-28(19)24(21)31)4-3-13-33-20-5-1-2-12-32-20/h6-11,15,20,30H,1-2,5,12-14H2,(H,26,29). The summed E-state index contributed by atoms with van der Waals surface area (Å²) in [7, 11) is 0. The minimum atomic E-state index is -0.730. The summed E-state index contributed by atoms with van der Waals surface area (Å²) < 4.78 is 12.3. The van der Waals surface area contributed by atoms with Crippen molar-refractivity contribution in [2.45, 2.75) is 32.1 Å². The number of amides is 1. The van der Waals surface area contributed by atoms with Gasteiger partial charge in [-0.3, -0.25) is 14.0 Å². The van der Waals surface area contributed by atoms with Crippen LogP contribution in [0.5, 0.6) is 5.88 Å². The maximum Gasteiger partial charge on any atom is 0.274 e. The van der Waals surface area contributed by atoms with Gasteiger partial charge in [0.1, 0.15) is 12.3 Å². The quantitative estimate of drug-likeness (QED) is 0.559. The number of rotatable bonds is 5. The van der Waals surface area contributed by atoms with Crippen LogP contribution in [0.15, 0.2) is 47.4 Å². The van der Waals surface area contributed by atoms with E-state index >= 15 is 0 Å². The first-order chi connectivity index (χ1) is 16.0. The van der Waals surface area contributed by atoms with Crippen molar-refractivity contribution in [3.8, 4) is 17.7 Å². The van der Waals surface area contributed by atoms with Crippen LogP contribution >= 0.6 is 11.6 Å². The van der Waals surface area contributed by atoms with Crippen LogP contribution in [0.2, 0.25) is 5.02 Å². The van der Waals surface area contributed by atoms with E-state index in [0.29, 0.717) is 17.2 Å². The van der Waals surface area contributed by atoms with Crippen LogP contribution < -0.4 is 10.9 Å². The molecule has 0 radical (unpaired) electrons. The summed E-state index contributed by atoms with van der Waals surface area (Å²) in [5.41, 5.74) is 0.396. The van der Waals surface area contributed by atoms with Crippen molar-refractivity contribution in [3.63, 3.8) is 0 Å². The summed E-state index contributed by atoms with van der Waals surface area (Å²) in [5, 5.41) is 13.4. The summed E-state index contributed by atoms with van der Waals surface area (Å²) in [6.45, 7) is 1.05. The normalized spacial score (nSPS) is 15.6. The number of nitrogens with zero attached hydrogens (tertiary/aromatic N) is 2. The number of nitrogens with one attached hydrogen (secondary N) is 1. The van der Waals surface area contributed by atoms with E-state index in [1.54, 1.807) is 36.4 Å². The van der Waals surface area contributed by atoms with Gasteiger partial charge in [0.15, 0.2) is 11.9 Å². The molecule has 1 atom stereocenters. The summed E-state index contributed by atoms with van der Waals surface area (Å²) in [6, 6.07) is 10.1. The molecule has 1 saturated heterocycles. The number of aromatic hydroxyl groups is 1. The molecule has 0 saturated carbocycles.